The molecule has 1 aromatic carbocycles. The maximum atomic E-state index is 12.8. The van der Waals surface area contributed by atoms with E-state index in [1.54, 1.807) is 19.2 Å². The average molecular weight is 311 g/mol. The zero-order valence-corrected chi connectivity index (χ0v) is 13.7. The van der Waals surface area contributed by atoms with E-state index < -0.39 is 0 Å². The fourth-order valence-corrected chi connectivity index (χ4v) is 1.85. The maximum Gasteiger partial charge on any atom is 0.191 e. The Hall–Kier alpha value is -1.82. The van der Waals surface area contributed by atoms with Gasteiger partial charge in [-0.3, -0.25) is 0 Å². The molecule has 0 aromatic heterocycles. The topological polar surface area (TPSA) is 54.9 Å². The molecule has 2 N–H and O–H groups in total. The van der Waals surface area contributed by atoms with Crippen LogP contribution in [0.5, 0.6) is 5.75 Å². The fourth-order valence-electron chi connectivity index (χ4n) is 1.85. The van der Waals surface area contributed by atoms with Gasteiger partial charge in [-0.2, -0.15) is 0 Å². The lowest BCUT2D eigenvalue weighted by atomic mass is 10.3. The summed E-state index contributed by atoms with van der Waals surface area (Å²) in [6.07, 6.45) is -0.112. The van der Waals surface area contributed by atoms with Crippen LogP contribution in [0.2, 0.25) is 0 Å². The largest absolute Gasteiger partial charge is 0.489 e. The number of hydrogen-bond acceptors (Lipinski definition) is 3. The maximum absolute atomic E-state index is 12.8. The Morgan fingerprint density at radius 1 is 1.27 bits per heavy atom. The molecule has 0 aliphatic heterocycles. The summed E-state index contributed by atoms with van der Waals surface area (Å²) in [5, 5.41) is 6.43. The first-order valence-corrected chi connectivity index (χ1v) is 7.51. The van der Waals surface area contributed by atoms with E-state index in [0.717, 1.165) is 12.5 Å². The van der Waals surface area contributed by atoms with Gasteiger partial charge < -0.3 is 20.1 Å². The third-order valence-electron chi connectivity index (χ3n) is 2.80. The van der Waals surface area contributed by atoms with Gasteiger partial charge in [0.05, 0.1) is 13.2 Å². The van der Waals surface area contributed by atoms with E-state index in [1.807, 2.05) is 20.8 Å². The number of nitrogens with one attached hydrogen (secondary N) is 2. The van der Waals surface area contributed by atoms with Gasteiger partial charge in [-0.15, -0.1) is 0 Å². The molecule has 6 heteroatoms. The van der Waals surface area contributed by atoms with Crippen LogP contribution in [-0.4, -0.2) is 44.9 Å². The smallest absolute Gasteiger partial charge is 0.191 e. The lowest BCUT2D eigenvalue weighted by Crippen LogP contribution is -2.44. The van der Waals surface area contributed by atoms with Crippen molar-refractivity contribution in [3.8, 4) is 5.75 Å². The van der Waals surface area contributed by atoms with Gasteiger partial charge >= 0.3 is 0 Å². The third-order valence-corrected chi connectivity index (χ3v) is 2.80. The first-order chi connectivity index (χ1) is 10.5. The molecule has 2 unspecified atom stereocenters. The standard InChI is InChI=1S/C16H26FN3O2/c1-5-18-16(20-12(2)11-21-4)19-10-13(3)22-15-8-6-14(17)7-9-15/h6-9,12-13H,5,10-11H2,1-4H3,(H2,18,19,20). The molecule has 0 bridgehead atoms. The van der Waals surface area contributed by atoms with Crippen LogP contribution in [0.1, 0.15) is 20.8 Å². The van der Waals surface area contributed by atoms with Gasteiger partial charge in [0.15, 0.2) is 5.96 Å². The van der Waals surface area contributed by atoms with E-state index in [9.17, 15) is 4.39 Å². The highest BCUT2D eigenvalue weighted by atomic mass is 19.1. The Balaban J connectivity index is 2.51. The monoisotopic (exact) mass is 311 g/mol. The molecule has 0 saturated carbocycles. The van der Waals surface area contributed by atoms with E-state index in [4.69, 9.17) is 9.47 Å². The molecule has 0 amide bonds. The molecular formula is C16H26FN3O2. The van der Waals surface area contributed by atoms with E-state index >= 15 is 0 Å². The van der Waals surface area contributed by atoms with Gasteiger partial charge in [0.2, 0.25) is 0 Å². The third kappa shape index (κ3) is 7.26. The molecule has 1 aromatic rings. The number of guanidine groups is 1. The van der Waals surface area contributed by atoms with Gasteiger partial charge in [-0.05, 0) is 45.0 Å². The molecule has 124 valence electrons. The SMILES string of the molecule is CCNC(=NCC(C)Oc1ccc(F)cc1)NC(C)COC. The number of rotatable bonds is 8. The minimum atomic E-state index is -0.274. The van der Waals surface area contributed by atoms with Crippen LogP contribution >= 0.6 is 0 Å². The van der Waals surface area contributed by atoms with E-state index in [-0.39, 0.29) is 18.0 Å². The predicted molar refractivity (Wildman–Crippen MR) is 86.9 cm³/mol. The minimum absolute atomic E-state index is 0.112. The summed E-state index contributed by atoms with van der Waals surface area (Å²) < 4.78 is 23.6. The number of methoxy groups -OCH3 is 1. The summed E-state index contributed by atoms with van der Waals surface area (Å²) >= 11 is 0. The van der Waals surface area contributed by atoms with Gasteiger partial charge in [-0.1, -0.05) is 0 Å². The second-order valence-electron chi connectivity index (χ2n) is 5.10. The number of halogens is 1. The first-order valence-electron chi connectivity index (χ1n) is 7.51. The molecule has 2 atom stereocenters. The van der Waals surface area contributed by atoms with Crippen molar-refractivity contribution < 1.29 is 13.9 Å². The Morgan fingerprint density at radius 3 is 2.55 bits per heavy atom. The molecule has 0 aliphatic rings. The van der Waals surface area contributed by atoms with Crippen LogP contribution in [0.25, 0.3) is 0 Å². The van der Waals surface area contributed by atoms with Crippen LogP contribution in [0.3, 0.4) is 0 Å². The van der Waals surface area contributed by atoms with E-state index in [0.29, 0.717) is 18.9 Å². The molecule has 5 nitrogen and oxygen atoms in total. The highest BCUT2D eigenvalue weighted by molar-refractivity contribution is 5.80. The highest BCUT2D eigenvalue weighted by Crippen LogP contribution is 2.12. The molecule has 0 radical (unpaired) electrons. The molecule has 1 rings (SSSR count). The summed E-state index contributed by atoms with van der Waals surface area (Å²) in [5.41, 5.74) is 0. The van der Waals surface area contributed by atoms with Crippen molar-refractivity contribution in [1.82, 2.24) is 10.6 Å². The van der Waals surface area contributed by atoms with E-state index in [1.165, 1.54) is 12.1 Å². The van der Waals surface area contributed by atoms with Crippen molar-refractivity contribution in [3.63, 3.8) is 0 Å². The fraction of sp³-hybridized carbons (Fsp3) is 0.562. The average Bonchev–Trinajstić information content (AvgIpc) is 2.48. The Kier molecular flexibility index (Phi) is 8.28. The van der Waals surface area contributed by atoms with Crippen molar-refractivity contribution in [1.29, 1.82) is 0 Å². The Bertz CT molecular complexity index is 451. The van der Waals surface area contributed by atoms with Crippen LogP contribution < -0.4 is 15.4 Å². The number of ether oxygens (including phenoxy) is 2. The molecule has 0 aliphatic carbocycles. The molecule has 22 heavy (non-hydrogen) atoms. The summed E-state index contributed by atoms with van der Waals surface area (Å²) in [5.74, 6) is 1.08. The van der Waals surface area contributed by atoms with Crippen molar-refractivity contribution in [2.75, 3.05) is 26.8 Å². The Labute approximate surface area is 131 Å². The number of aliphatic imine (C=N–C) groups is 1. The van der Waals surface area contributed by atoms with Gasteiger partial charge in [0.25, 0.3) is 0 Å². The number of nitrogens with zero attached hydrogens (tertiary/aromatic N) is 1. The Morgan fingerprint density at radius 2 is 1.95 bits per heavy atom. The van der Waals surface area contributed by atoms with Crippen molar-refractivity contribution in [2.45, 2.75) is 32.9 Å². The van der Waals surface area contributed by atoms with Crippen molar-refractivity contribution in [3.05, 3.63) is 30.1 Å². The van der Waals surface area contributed by atoms with Crippen LogP contribution in [0.4, 0.5) is 4.39 Å². The van der Waals surface area contributed by atoms with Crippen LogP contribution in [0.15, 0.2) is 29.3 Å². The lowest BCUT2D eigenvalue weighted by molar-refractivity contribution is 0.179. The summed E-state index contributed by atoms with van der Waals surface area (Å²) in [7, 11) is 1.67. The molecule has 0 fully saturated rings. The molecule has 0 heterocycles. The zero-order chi connectivity index (χ0) is 16.4. The van der Waals surface area contributed by atoms with Gasteiger partial charge in [-0.25, -0.2) is 9.38 Å². The first kappa shape index (κ1) is 18.2. The highest BCUT2D eigenvalue weighted by Gasteiger charge is 2.07. The molecule has 0 saturated heterocycles. The summed E-state index contributed by atoms with van der Waals surface area (Å²) in [6.45, 7) is 7.83. The van der Waals surface area contributed by atoms with Crippen LogP contribution in [-0.2, 0) is 4.74 Å². The quantitative estimate of drug-likeness (QED) is 0.571. The second-order valence-corrected chi connectivity index (χ2v) is 5.10. The lowest BCUT2D eigenvalue weighted by Gasteiger charge is -2.18. The number of hydrogen-bond donors (Lipinski definition) is 2. The minimum Gasteiger partial charge on any atom is -0.489 e. The molecule has 0 spiro atoms. The van der Waals surface area contributed by atoms with Gasteiger partial charge in [0.1, 0.15) is 17.7 Å². The summed E-state index contributed by atoms with van der Waals surface area (Å²) in [6, 6.07) is 6.14. The molecular weight excluding hydrogens is 285 g/mol. The zero-order valence-electron chi connectivity index (χ0n) is 13.7. The second kappa shape index (κ2) is 10.00. The van der Waals surface area contributed by atoms with Crippen molar-refractivity contribution in [2.24, 2.45) is 4.99 Å². The summed E-state index contributed by atoms with van der Waals surface area (Å²) in [4.78, 5) is 4.49. The van der Waals surface area contributed by atoms with Crippen molar-refractivity contribution >= 4 is 5.96 Å². The van der Waals surface area contributed by atoms with Crippen LogP contribution in [0, 0.1) is 5.82 Å². The normalized spacial score (nSPS) is 14.3. The van der Waals surface area contributed by atoms with Gasteiger partial charge in [0, 0.05) is 19.7 Å². The predicted octanol–water partition coefficient (Wildman–Crippen LogP) is 2.18. The van der Waals surface area contributed by atoms with E-state index in [2.05, 4.69) is 15.6 Å². The number of benzene rings is 1.